The Bertz CT molecular complexity index is 3220. The van der Waals surface area contributed by atoms with E-state index in [2.05, 4.69) is 103 Å². The minimum absolute atomic E-state index is 0.0120. The van der Waals surface area contributed by atoms with E-state index in [0.29, 0.717) is 49.2 Å². The molecular weight excluding hydrogens is 976 g/mol. The summed E-state index contributed by atoms with van der Waals surface area (Å²) in [6, 6.07) is 28.4. The van der Waals surface area contributed by atoms with Crippen molar-refractivity contribution in [3.05, 3.63) is 142 Å². The Kier molecular flexibility index (Phi) is 13.6. The summed E-state index contributed by atoms with van der Waals surface area (Å²) in [6.07, 6.45) is 8.15. The van der Waals surface area contributed by atoms with Crippen LogP contribution in [-0.4, -0.2) is 108 Å². The van der Waals surface area contributed by atoms with Crippen molar-refractivity contribution in [1.82, 2.24) is 24.5 Å². The van der Waals surface area contributed by atoms with E-state index in [-0.39, 0.29) is 57.9 Å². The highest BCUT2D eigenvalue weighted by Gasteiger charge is 2.50. The van der Waals surface area contributed by atoms with Gasteiger partial charge in [-0.25, -0.2) is 22.5 Å². The first-order chi connectivity index (χ1) is 36.0. The molecule has 1 aliphatic carbocycles. The molecule has 2 aromatic heterocycles. The summed E-state index contributed by atoms with van der Waals surface area (Å²) in [5.74, 6) is -0.593. The lowest BCUT2D eigenvalue weighted by atomic mass is 9.69. The molecule has 75 heavy (non-hydrogen) atoms. The minimum atomic E-state index is -4.73. The number of fused-ring (bicyclic) bond motifs is 2. The molecule has 1 spiro atoms. The van der Waals surface area contributed by atoms with Crippen LogP contribution < -0.4 is 24.4 Å². The minimum Gasteiger partial charge on any atom is -0.489 e. The maximum atomic E-state index is 14.8. The third-order valence-electron chi connectivity index (χ3n) is 16.8. The largest absolute Gasteiger partial charge is 0.489 e. The average molecular weight is 1040 g/mol. The Balaban J connectivity index is 0.803. The highest BCUT2D eigenvalue weighted by molar-refractivity contribution is 7.90. The van der Waals surface area contributed by atoms with Crippen molar-refractivity contribution in [2.75, 3.05) is 56.1 Å². The highest BCUT2D eigenvalue weighted by Crippen LogP contribution is 2.48. The van der Waals surface area contributed by atoms with E-state index < -0.39 is 42.9 Å². The van der Waals surface area contributed by atoms with Gasteiger partial charge in [0.25, 0.3) is 21.6 Å². The third kappa shape index (κ3) is 10.4. The summed E-state index contributed by atoms with van der Waals surface area (Å²) in [4.78, 5) is 40.1. The molecular formula is C57H65FN8O8S. The van der Waals surface area contributed by atoms with Crippen molar-refractivity contribution < 1.29 is 37.1 Å². The van der Waals surface area contributed by atoms with Crippen molar-refractivity contribution in [3.8, 4) is 17.2 Å². The van der Waals surface area contributed by atoms with Crippen LogP contribution in [0.1, 0.15) is 105 Å². The average Bonchev–Trinajstić information content (AvgIpc) is 3.78. The number of amides is 1. The van der Waals surface area contributed by atoms with Crippen LogP contribution in [0, 0.1) is 27.3 Å². The predicted octanol–water partition coefficient (Wildman–Crippen LogP) is 9.72. The second-order valence-corrected chi connectivity index (χ2v) is 23.9. The molecule has 0 bridgehead atoms. The van der Waals surface area contributed by atoms with Crippen molar-refractivity contribution in [2.24, 2.45) is 11.3 Å². The molecule has 6 heterocycles. The van der Waals surface area contributed by atoms with Crippen molar-refractivity contribution in [3.63, 3.8) is 0 Å². The van der Waals surface area contributed by atoms with E-state index in [1.54, 1.807) is 19.1 Å². The van der Waals surface area contributed by atoms with Crippen LogP contribution in [0.5, 0.6) is 17.2 Å². The van der Waals surface area contributed by atoms with Crippen LogP contribution >= 0.6 is 0 Å². The summed E-state index contributed by atoms with van der Waals surface area (Å²) in [6.45, 7) is 13.1. The number of carbonyl (C=O) groups is 1. The number of rotatable bonds is 13. The molecule has 6 aromatic rings. The van der Waals surface area contributed by atoms with Crippen LogP contribution in [0.2, 0.25) is 0 Å². The molecule has 4 fully saturated rings. The number of H-pyrrole nitrogens is 1. The number of aliphatic hydroxyl groups is 1. The topological polar surface area (TPSA) is 195 Å². The number of aromatic nitrogens is 2. The smallest absolute Gasteiger partial charge is 0.297 e. The monoisotopic (exact) mass is 1040 g/mol. The Hall–Kier alpha value is -6.60. The number of likely N-dealkylation sites (tertiary alicyclic amines) is 2. The number of halogens is 1. The van der Waals surface area contributed by atoms with Gasteiger partial charge in [-0.2, -0.15) is 0 Å². The second kappa shape index (κ2) is 20.2. The number of anilines is 2. The van der Waals surface area contributed by atoms with Gasteiger partial charge in [0, 0.05) is 87.9 Å². The zero-order valence-electron chi connectivity index (χ0n) is 42.6. The fourth-order valence-corrected chi connectivity index (χ4v) is 13.5. The number of ether oxygens (including phenoxy) is 2. The van der Waals surface area contributed by atoms with E-state index in [0.717, 1.165) is 76.8 Å². The van der Waals surface area contributed by atoms with Crippen LogP contribution in [0.15, 0.2) is 108 Å². The van der Waals surface area contributed by atoms with Gasteiger partial charge >= 0.3 is 0 Å². The quantitative estimate of drug-likeness (QED) is 0.0631. The lowest BCUT2D eigenvalue weighted by molar-refractivity contribution is -0.384. The number of carbonyl (C=O) groups excluding carboxylic acids is 1. The summed E-state index contributed by atoms with van der Waals surface area (Å²) in [5.41, 5.74) is 4.09. The lowest BCUT2D eigenvalue weighted by Gasteiger charge is -2.59. The maximum Gasteiger partial charge on any atom is 0.297 e. The van der Waals surface area contributed by atoms with E-state index in [1.165, 1.54) is 47.3 Å². The van der Waals surface area contributed by atoms with Gasteiger partial charge in [0.1, 0.15) is 29.6 Å². The van der Waals surface area contributed by atoms with Crippen molar-refractivity contribution in [2.45, 2.75) is 107 Å². The molecule has 1 unspecified atom stereocenters. The SMILES string of the molecule is CC(C)c1ccccc1[C@@H]1CN(Cc2ccccc2)CCC1N1CC2(CCN(c3ccc(C(=O)NS(=O)(=O)c4cc5c(c([N+](=O)[O-])c4)N[C@@H]([C@H]4CC[C@](C)(O)CC4)CO5)c(Oc4cnc5[nH]cc(F)c5c4)c3)CC2)C1. The standard InChI is InChI=1S/C57H65FN8O8S/c1-36(2)42-11-7-8-12-43(42)46-32-63(31-37-9-5-4-6-10-37)22-17-49(46)65-34-57(35-65)20-23-64(24-21-57)39-13-14-44(51(25-39)74-40-26-45-47(58)30-60-54(45)59-29-40)55(67)62-75(71,72)41-27-50(66(69)70)53-52(28-41)73-33-48(61-53)38-15-18-56(3,68)19-16-38/h4-14,25-30,36,38,46,48-49,61,68H,15-24,31-35H2,1-3H3,(H,59,60)(H,62,67)/t38-,46-,48+,49?,56-/m0/s1. The third-order valence-corrected chi connectivity index (χ3v) is 18.1. The van der Waals surface area contributed by atoms with Crippen LogP contribution in [-0.2, 0) is 16.6 Å². The first kappa shape index (κ1) is 50.6. The first-order valence-corrected chi connectivity index (χ1v) is 27.8. The number of nitrogens with zero attached hydrogens (tertiary/aromatic N) is 5. The zero-order valence-corrected chi connectivity index (χ0v) is 43.5. The van der Waals surface area contributed by atoms with Gasteiger partial charge in [0.05, 0.1) is 38.6 Å². The number of piperidine rings is 2. The Labute approximate surface area is 436 Å². The Morgan fingerprint density at radius 3 is 2.48 bits per heavy atom. The molecule has 4 aromatic carbocycles. The molecule has 4 aliphatic heterocycles. The first-order valence-electron chi connectivity index (χ1n) is 26.3. The van der Waals surface area contributed by atoms with Crippen molar-refractivity contribution >= 4 is 44.0 Å². The molecule has 3 saturated heterocycles. The van der Waals surface area contributed by atoms with Crippen LogP contribution in [0.25, 0.3) is 11.0 Å². The van der Waals surface area contributed by atoms with Gasteiger partial charge in [-0.05, 0) is 104 Å². The number of hydrogen-bond donors (Lipinski definition) is 4. The Morgan fingerprint density at radius 2 is 1.73 bits per heavy atom. The van der Waals surface area contributed by atoms with E-state index in [1.807, 2.05) is 0 Å². The van der Waals surface area contributed by atoms with E-state index in [9.17, 15) is 32.8 Å². The van der Waals surface area contributed by atoms with Crippen LogP contribution in [0.3, 0.4) is 0 Å². The van der Waals surface area contributed by atoms with Gasteiger partial charge < -0.3 is 29.8 Å². The number of pyridine rings is 1. The summed E-state index contributed by atoms with van der Waals surface area (Å²) in [5, 5.41) is 26.3. The number of nitrogens with one attached hydrogen (secondary N) is 3. The van der Waals surface area contributed by atoms with E-state index in [4.69, 9.17) is 9.47 Å². The molecule has 394 valence electrons. The summed E-state index contributed by atoms with van der Waals surface area (Å²) >= 11 is 0. The second-order valence-electron chi connectivity index (χ2n) is 22.2. The zero-order chi connectivity index (χ0) is 52.2. The molecule has 18 heteroatoms. The highest BCUT2D eigenvalue weighted by atomic mass is 32.2. The maximum absolute atomic E-state index is 14.8. The molecule has 3 atom stereocenters. The molecule has 0 radical (unpaired) electrons. The lowest BCUT2D eigenvalue weighted by Crippen LogP contribution is -2.65. The fraction of sp³-hybridized carbons (Fsp3) is 0.439. The van der Waals surface area contributed by atoms with Gasteiger partial charge in [-0.3, -0.25) is 24.7 Å². The number of benzene rings is 4. The molecule has 16 nitrogen and oxygen atoms in total. The Morgan fingerprint density at radius 1 is 0.987 bits per heavy atom. The number of nitro groups is 1. The van der Waals surface area contributed by atoms with E-state index >= 15 is 0 Å². The molecule has 1 saturated carbocycles. The normalized spacial score (nSPS) is 24.0. The number of sulfonamides is 1. The molecule has 11 rings (SSSR count). The number of aromatic amines is 1. The molecule has 5 aliphatic rings. The summed E-state index contributed by atoms with van der Waals surface area (Å²) in [7, 11) is -4.73. The predicted molar refractivity (Wildman–Crippen MR) is 285 cm³/mol. The van der Waals surface area contributed by atoms with Gasteiger partial charge in [-0.1, -0.05) is 68.4 Å². The molecule has 4 N–H and O–H groups in total. The number of nitro benzene ring substituents is 1. The number of hydrogen-bond acceptors (Lipinski definition) is 13. The summed E-state index contributed by atoms with van der Waals surface area (Å²) < 4.78 is 57.3. The van der Waals surface area contributed by atoms with Gasteiger partial charge in [0.15, 0.2) is 11.4 Å². The van der Waals surface area contributed by atoms with Crippen LogP contribution in [0.4, 0.5) is 21.5 Å². The fourth-order valence-electron chi connectivity index (χ4n) is 12.5. The van der Waals surface area contributed by atoms with Gasteiger partial charge in [-0.15, -0.1) is 0 Å². The van der Waals surface area contributed by atoms with Crippen molar-refractivity contribution in [1.29, 1.82) is 0 Å². The van der Waals surface area contributed by atoms with Gasteiger partial charge in [0.2, 0.25) is 0 Å². The molecule has 1 amide bonds.